The van der Waals surface area contributed by atoms with Crippen LogP contribution in [0.5, 0.6) is 0 Å². The molecular formula is C14H15NO3S3. The van der Waals surface area contributed by atoms with E-state index in [0.717, 1.165) is 15.3 Å². The molecule has 0 aliphatic heterocycles. The summed E-state index contributed by atoms with van der Waals surface area (Å²) in [7, 11) is -1.87. The molecule has 2 aromatic rings. The van der Waals surface area contributed by atoms with Gasteiger partial charge in [0.25, 0.3) is 10.0 Å². The van der Waals surface area contributed by atoms with Crippen LogP contribution in [0.25, 0.3) is 0 Å². The minimum Gasteiger partial charge on any atom is -0.384 e. The highest BCUT2D eigenvalue weighted by Crippen LogP contribution is 2.25. The number of hydrogen-bond acceptors (Lipinski definition) is 5. The summed E-state index contributed by atoms with van der Waals surface area (Å²) >= 11 is 2.73. The Bertz CT molecular complexity index is 778. The lowest BCUT2D eigenvalue weighted by molar-refractivity contribution is 0.350. The number of thiophene rings is 2. The van der Waals surface area contributed by atoms with Crippen molar-refractivity contribution in [3.63, 3.8) is 0 Å². The van der Waals surface area contributed by atoms with Gasteiger partial charge in [-0.3, -0.25) is 0 Å². The molecule has 0 spiro atoms. The molecule has 0 bridgehead atoms. The highest BCUT2D eigenvalue weighted by atomic mass is 32.2. The lowest BCUT2D eigenvalue weighted by atomic mass is 10.3. The Morgan fingerprint density at radius 2 is 2.14 bits per heavy atom. The van der Waals surface area contributed by atoms with Crippen LogP contribution in [0.15, 0.2) is 27.8 Å². The van der Waals surface area contributed by atoms with Crippen LogP contribution in [-0.2, 0) is 16.6 Å². The molecule has 0 fully saturated rings. The molecule has 0 aliphatic rings. The normalized spacial score (nSPS) is 11.4. The lowest BCUT2D eigenvalue weighted by Crippen LogP contribution is -2.25. The van der Waals surface area contributed by atoms with Crippen LogP contribution in [0.3, 0.4) is 0 Å². The Hall–Kier alpha value is -1.17. The van der Waals surface area contributed by atoms with E-state index >= 15 is 0 Å². The second-order valence-electron chi connectivity index (χ2n) is 4.39. The minimum absolute atomic E-state index is 0.183. The molecule has 112 valence electrons. The van der Waals surface area contributed by atoms with E-state index in [0.29, 0.717) is 10.8 Å². The third kappa shape index (κ3) is 3.93. The Labute approximate surface area is 132 Å². The summed E-state index contributed by atoms with van der Waals surface area (Å²) in [4.78, 5) is 1.89. The Balaban J connectivity index is 2.14. The summed E-state index contributed by atoms with van der Waals surface area (Å²) in [5.41, 5.74) is 0.793. The Morgan fingerprint density at radius 1 is 1.38 bits per heavy atom. The molecule has 7 heteroatoms. The molecule has 0 atom stereocenters. The van der Waals surface area contributed by atoms with Gasteiger partial charge in [-0.2, -0.15) is 4.31 Å². The van der Waals surface area contributed by atoms with Gasteiger partial charge < -0.3 is 5.11 Å². The zero-order valence-electron chi connectivity index (χ0n) is 11.7. The number of aliphatic hydroxyl groups excluding tert-OH is 1. The maximum Gasteiger partial charge on any atom is 0.252 e. The number of rotatable bonds is 4. The van der Waals surface area contributed by atoms with Gasteiger partial charge in [0.1, 0.15) is 10.8 Å². The standard InChI is InChI=1S/C14H15NO3S3/c1-11-5-6-14(20-11)21(17,18)15(2)9-13-8-12(10-19-13)4-3-7-16/h5-6,8,10,16H,7,9H2,1-2H3. The van der Waals surface area contributed by atoms with Gasteiger partial charge in [-0.1, -0.05) is 11.8 Å². The third-order valence-electron chi connectivity index (χ3n) is 2.72. The van der Waals surface area contributed by atoms with E-state index in [2.05, 4.69) is 11.8 Å². The fraction of sp³-hybridized carbons (Fsp3) is 0.286. The average molecular weight is 341 g/mol. The topological polar surface area (TPSA) is 57.6 Å². The summed E-state index contributed by atoms with van der Waals surface area (Å²) in [6.07, 6.45) is 0. The molecule has 21 heavy (non-hydrogen) atoms. The van der Waals surface area contributed by atoms with Gasteiger partial charge in [0, 0.05) is 34.3 Å². The average Bonchev–Trinajstić information content (AvgIpc) is 3.05. The van der Waals surface area contributed by atoms with Gasteiger partial charge in [0.2, 0.25) is 0 Å². The van der Waals surface area contributed by atoms with Gasteiger partial charge in [-0.15, -0.1) is 22.7 Å². The number of sulfonamides is 1. The number of hydrogen-bond donors (Lipinski definition) is 1. The first kappa shape index (κ1) is 16.2. The second kappa shape index (κ2) is 6.73. The SMILES string of the molecule is Cc1ccc(S(=O)(=O)N(C)Cc2cc(C#CCO)cs2)s1. The highest BCUT2D eigenvalue weighted by Gasteiger charge is 2.22. The van der Waals surface area contributed by atoms with Crippen molar-refractivity contribution in [2.75, 3.05) is 13.7 Å². The van der Waals surface area contributed by atoms with Crippen LogP contribution in [0.1, 0.15) is 15.3 Å². The van der Waals surface area contributed by atoms with E-state index < -0.39 is 10.0 Å². The summed E-state index contributed by atoms with van der Waals surface area (Å²) in [6, 6.07) is 5.29. The smallest absolute Gasteiger partial charge is 0.252 e. The molecule has 0 amide bonds. The van der Waals surface area contributed by atoms with Crippen molar-refractivity contribution < 1.29 is 13.5 Å². The van der Waals surface area contributed by atoms with Crippen molar-refractivity contribution in [1.29, 1.82) is 0 Å². The molecular weight excluding hydrogens is 326 g/mol. The van der Waals surface area contributed by atoms with Crippen molar-refractivity contribution in [2.24, 2.45) is 0 Å². The molecule has 0 radical (unpaired) electrons. The van der Waals surface area contributed by atoms with Gasteiger partial charge in [0.05, 0.1) is 0 Å². The first-order chi connectivity index (χ1) is 9.93. The largest absolute Gasteiger partial charge is 0.384 e. The van der Waals surface area contributed by atoms with Gasteiger partial charge >= 0.3 is 0 Å². The summed E-state index contributed by atoms with van der Waals surface area (Å²) < 4.78 is 26.5. The number of aliphatic hydroxyl groups is 1. The highest BCUT2D eigenvalue weighted by molar-refractivity contribution is 7.91. The molecule has 0 unspecified atom stereocenters. The molecule has 2 heterocycles. The van der Waals surface area contributed by atoms with E-state index in [9.17, 15) is 8.42 Å². The van der Waals surface area contributed by atoms with Crippen LogP contribution in [0, 0.1) is 18.8 Å². The van der Waals surface area contributed by atoms with Crippen molar-refractivity contribution in [3.8, 4) is 11.8 Å². The van der Waals surface area contributed by atoms with Crippen LogP contribution in [0.4, 0.5) is 0 Å². The maximum atomic E-state index is 12.4. The molecule has 1 N–H and O–H groups in total. The fourth-order valence-corrected chi connectivity index (χ4v) is 5.27. The van der Waals surface area contributed by atoms with Crippen LogP contribution in [-0.4, -0.2) is 31.5 Å². The Morgan fingerprint density at radius 3 is 2.76 bits per heavy atom. The number of nitrogens with zero attached hydrogens (tertiary/aromatic N) is 1. The zero-order valence-corrected chi connectivity index (χ0v) is 14.1. The van der Waals surface area contributed by atoms with Gasteiger partial charge in [0.15, 0.2) is 0 Å². The molecule has 0 aromatic carbocycles. The zero-order chi connectivity index (χ0) is 15.5. The Kier molecular flexibility index (Phi) is 5.19. The first-order valence-corrected chi connectivity index (χ1v) is 9.27. The summed E-state index contributed by atoms with van der Waals surface area (Å²) in [5.74, 6) is 5.38. The van der Waals surface area contributed by atoms with Crippen molar-refractivity contribution >= 4 is 32.7 Å². The van der Waals surface area contributed by atoms with E-state index in [1.54, 1.807) is 19.2 Å². The minimum atomic E-state index is -3.44. The molecule has 0 saturated carbocycles. The van der Waals surface area contributed by atoms with E-state index in [4.69, 9.17) is 5.11 Å². The summed E-state index contributed by atoms with van der Waals surface area (Å²) in [5, 5.41) is 10.5. The lowest BCUT2D eigenvalue weighted by Gasteiger charge is -2.14. The van der Waals surface area contributed by atoms with Gasteiger partial charge in [-0.25, -0.2) is 8.42 Å². The van der Waals surface area contributed by atoms with Crippen molar-refractivity contribution in [1.82, 2.24) is 4.31 Å². The van der Waals surface area contributed by atoms with E-state index in [-0.39, 0.29) is 6.61 Å². The second-order valence-corrected chi connectivity index (χ2v) is 8.94. The van der Waals surface area contributed by atoms with Crippen LogP contribution in [0.2, 0.25) is 0 Å². The van der Waals surface area contributed by atoms with Crippen molar-refractivity contribution in [2.45, 2.75) is 17.7 Å². The molecule has 4 nitrogen and oxygen atoms in total. The predicted octanol–water partition coefficient (Wildman–Crippen LogP) is 2.28. The molecule has 2 rings (SSSR count). The summed E-state index contributed by atoms with van der Waals surface area (Å²) in [6.45, 7) is 2.01. The predicted molar refractivity (Wildman–Crippen MR) is 86.0 cm³/mol. The monoisotopic (exact) mass is 341 g/mol. The fourth-order valence-electron chi connectivity index (χ4n) is 1.68. The third-order valence-corrected chi connectivity index (χ3v) is 6.92. The van der Waals surface area contributed by atoms with Gasteiger partial charge in [-0.05, 0) is 25.1 Å². The maximum absolute atomic E-state index is 12.4. The van der Waals surface area contributed by atoms with E-state index in [1.807, 2.05) is 18.4 Å². The quantitative estimate of drug-likeness (QED) is 0.868. The molecule has 0 saturated heterocycles. The molecule has 0 aliphatic carbocycles. The van der Waals surface area contributed by atoms with Crippen LogP contribution < -0.4 is 0 Å². The van der Waals surface area contributed by atoms with Crippen molar-refractivity contribution in [3.05, 3.63) is 38.9 Å². The van der Waals surface area contributed by atoms with Crippen LogP contribution >= 0.6 is 22.7 Å². The number of aryl methyl sites for hydroxylation is 1. The first-order valence-electron chi connectivity index (χ1n) is 6.13. The van der Waals surface area contributed by atoms with E-state index in [1.165, 1.54) is 27.0 Å². The molecule has 2 aromatic heterocycles.